The highest BCUT2D eigenvalue weighted by Crippen LogP contribution is 2.27. The van der Waals surface area contributed by atoms with Crippen LogP contribution in [0.5, 0.6) is 5.75 Å². The van der Waals surface area contributed by atoms with Gasteiger partial charge in [-0.3, -0.25) is 0 Å². The van der Waals surface area contributed by atoms with E-state index in [1.54, 1.807) is 18.2 Å². The minimum atomic E-state index is -0.519. The van der Waals surface area contributed by atoms with E-state index in [2.05, 4.69) is 37.9 Å². The molecule has 0 radical (unpaired) electrons. The molecule has 0 unspecified atom stereocenters. The van der Waals surface area contributed by atoms with Crippen molar-refractivity contribution >= 4 is 45.0 Å². The smallest absolute Gasteiger partial charge is 0.167 e. The first-order valence-electron chi connectivity index (χ1n) is 8.42. The third-order valence-electron chi connectivity index (χ3n) is 4.08. The number of hydrogen-bond donors (Lipinski definition) is 1. The van der Waals surface area contributed by atoms with Gasteiger partial charge in [-0.2, -0.15) is 0 Å². The zero-order valence-corrected chi connectivity index (χ0v) is 16.7. The Morgan fingerprint density at radius 3 is 2.68 bits per heavy atom. The lowest BCUT2D eigenvalue weighted by Gasteiger charge is -2.11. The summed E-state index contributed by atoms with van der Waals surface area (Å²) in [4.78, 5) is 8.51. The maximum Gasteiger partial charge on any atom is 0.167 e. The SMILES string of the molecule is Fc1cccc(COc2ccc(Nc3ncnc4ccc(I)cc34)cc2F)c1. The molecule has 4 rings (SSSR count). The Morgan fingerprint density at radius 2 is 1.86 bits per heavy atom. The van der Waals surface area contributed by atoms with Gasteiger partial charge in [0.05, 0.1) is 5.52 Å². The van der Waals surface area contributed by atoms with Crippen LogP contribution < -0.4 is 10.1 Å². The Morgan fingerprint density at radius 1 is 0.964 bits per heavy atom. The second-order valence-corrected chi connectivity index (χ2v) is 7.32. The van der Waals surface area contributed by atoms with Crippen LogP contribution in [-0.2, 0) is 6.61 Å². The van der Waals surface area contributed by atoms with Crippen molar-refractivity contribution in [3.05, 3.63) is 87.8 Å². The van der Waals surface area contributed by atoms with E-state index < -0.39 is 5.82 Å². The first-order chi connectivity index (χ1) is 13.6. The topological polar surface area (TPSA) is 47.0 Å². The fraction of sp³-hybridized carbons (Fsp3) is 0.0476. The molecule has 7 heteroatoms. The number of nitrogens with one attached hydrogen (secondary N) is 1. The molecule has 0 aliphatic carbocycles. The van der Waals surface area contributed by atoms with Crippen molar-refractivity contribution in [2.75, 3.05) is 5.32 Å². The van der Waals surface area contributed by atoms with Gasteiger partial charge in [0.25, 0.3) is 0 Å². The van der Waals surface area contributed by atoms with Crippen LogP contribution in [0.15, 0.2) is 67.0 Å². The van der Waals surface area contributed by atoms with Crippen LogP contribution in [0.2, 0.25) is 0 Å². The van der Waals surface area contributed by atoms with E-state index in [1.165, 1.54) is 30.6 Å². The normalized spacial score (nSPS) is 10.8. The monoisotopic (exact) mass is 489 g/mol. The van der Waals surface area contributed by atoms with E-state index >= 15 is 0 Å². The third kappa shape index (κ3) is 4.19. The first kappa shape index (κ1) is 18.5. The van der Waals surface area contributed by atoms with Crippen molar-refractivity contribution in [1.29, 1.82) is 0 Å². The number of ether oxygens (including phenoxy) is 1. The van der Waals surface area contributed by atoms with Gasteiger partial charge >= 0.3 is 0 Å². The van der Waals surface area contributed by atoms with E-state index in [9.17, 15) is 8.78 Å². The molecule has 4 nitrogen and oxygen atoms in total. The summed E-state index contributed by atoms with van der Waals surface area (Å²) in [6, 6.07) is 16.4. The van der Waals surface area contributed by atoms with Crippen molar-refractivity contribution in [3.63, 3.8) is 0 Å². The third-order valence-corrected chi connectivity index (χ3v) is 4.75. The minimum absolute atomic E-state index is 0.0798. The van der Waals surface area contributed by atoms with Crippen molar-refractivity contribution < 1.29 is 13.5 Å². The number of nitrogens with zero attached hydrogens (tertiary/aromatic N) is 2. The zero-order chi connectivity index (χ0) is 19.5. The molecule has 1 aromatic heterocycles. The van der Waals surface area contributed by atoms with Crippen molar-refractivity contribution in [2.45, 2.75) is 6.61 Å². The summed E-state index contributed by atoms with van der Waals surface area (Å²) in [5.74, 6) is -0.185. The van der Waals surface area contributed by atoms with Crippen LogP contribution in [0, 0.1) is 15.2 Å². The molecule has 140 valence electrons. The molecule has 28 heavy (non-hydrogen) atoms. The van der Waals surface area contributed by atoms with Gasteiger partial charge in [-0.25, -0.2) is 18.7 Å². The highest BCUT2D eigenvalue weighted by molar-refractivity contribution is 14.1. The van der Waals surface area contributed by atoms with Gasteiger partial charge in [0, 0.05) is 20.7 Å². The molecule has 0 amide bonds. The summed E-state index contributed by atoms with van der Waals surface area (Å²) in [6.45, 7) is 0.0798. The predicted octanol–water partition coefficient (Wildman–Crippen LogP) is 5.84. The summed E-state index contributed by atoms with van der Waals surface area (Å²) < 4.78 is 34.2. The lowest BCUT2D eigenvalue weighted by atomic mass is 10.2. The Hall–Kier alpha value is -2.81. The quantitative estimate of drug-likeness (QED) is 0.358. The zero-order valence-electron chi connectivity index (χ0n) is 14.5. The molecule has 0 bridgehead atoms. The molecule has 1 N–H and O–H groups in total. The Labute approximate surface area is 173 Å². The number of hydrogen-bond acceptors (Lipinski definition) is 4. The summed E-state index contributed by atoms with van der Waals surface area (Å²) in [5, 5.41) is 3.97. The van der Waals surface area contributed by atoms with Gasteiger partial charge < -0.3 is 10.1 Å². The second-order valence-electron chi connectivity index (χ2n) is 6.07. The lowest BCUT2D eigenvalue weighted by molar-refractivity contribution is 0.290. The van der Waals surface area contributed by atoms with Gasteiger partial charge in [-0.05, 0) is 70.6 Å². The number of aromatic nitrogens is 2. The van der Waals surface area contributed by atoms with E-state index in [0.717, 1.165) is 14.5 Å². The second kappa shape index (κ2) is 8.05. The number of benzene rings is 3. The van der Waals surface area contributed by atoms with E-state index in [-0.39, 0.29) is 18.2 Å². The van der Waals surface area contributed by atoms with Gasteiger partial charge in [-0.15, -0.1) is 0 Å². The lowest BCUT2D eigenvalue weighted by Crippen LogP contribution is -2.00. The Kier molecular flexibility index (Phi) is 5.34. The van der Waals surface area contributed by atoms with Crippen LogP contribution in [0.3, 0.4) is 0 Å². The number of halogens is 3. The molecular weight excluding hydrogens is 475 g/mol. The highest BCUT2D eigenvalue weighted by atomic mass is 127. The molecule has 4 aromatic rings. The van der Waals surface area contributed by atoms with Crippen LogP contribution >= 0.6 is 22.6 Å². The summed E-state index contributed by atoms with van der Waals surface area (Å²) in [7, 11) is 0. The average molecular weight is 489 g/mol. The fourth-order valence-electron chi connectivity index (χ4n) is 2.75. The van der Waals surface area contributed by atoms with E-state index in [1.807, 2.05) is 18.2 Å². The predicted molar refractivity (Wildman–Crippen MR) is 113 cm³/mol. The van der Waals surface area contributed by atoms with Gasteiger partial charge in [-0.1, -0.05) is 12.1 Å². The molecule has 0 fully saturated rings. The molecule has 0 saturated heterocycles. The molecule has 0 spiro atoms. The van der Waals surface area contributed by atoms with Crippen LogP contribution in [0.1, 0.15) is 5.56 Å². The van der Waals surface area contributed by atoms with Crippen molar-refractivity contribution in [3.8, 4) is 5.75 Å². The minimum Gasteiger partial charge on any atom is -0.486 e. The molecule has 1 heterocycles. The summed E-state index contributed by atoms with van der Waals surface area (Å²) >= 11 is 2.22. The number of anilines is 2. The van der Waals surface area contributed by atoms with Crippen molar-refractivity contribution in [2.24, 2.45) is 0 Å². The largest absolute Gasteiger partial charge is 0.486 e. The molecule has 3 aromatic carbocycles. The van der Waals surface area contributed by atoms with Gasteiger partial charge in [0.2, 0.25) is 0 Å². The van der Waals surface area contributed by atoms with E-state index in [0.29, 0.717) is 17.1 Å². The first-order valence-corrected chi connectivity index (χ1v) is 9.50. The van der Waals surface area contributed by atoms with Crippen LogP contribution in [-0.4, -0.2) is 9.97 Å². The van der Waals surface area contributed by atoms with Gasteiger partial charge in [0.1, 0.15) is 24.6 Å². The number of fused-ring (bicyclic) bond motifs is 1. The Balaban J connectivity index is 1.53. The molecule has 0 aliphatic heterocycles. The summed E-state index contributed by atoms with van der Waals surface area (Å²) in [5.41, 5.74) is 1.96. The maximum absolute atomic E-state index is 14.4. The molecule has 0 aliphatic rings. The van der Waals surface area contributed by atoms with Crippen molar-refractivity contribution in [1.82, 2.24) is 9.97 Å². The highest BCUT2D eigenvalue weighted by Gasteiger charge is 2.09. The molecular formula is C21H14F2IN3O. The number of rotatable bonds is 5. The van der Waals surface area contributed by atoms with Crippen LogP contribution in [0.4, 0.5) is 20.3 Å². The average Bonchev–Trinajstić information content (AvgIpc) is 2.68. The fourth-order valence-corrected chi connectivity index (χ4v) is 3.24. The Bertz CT molecular complexity index is 1150. The van der Waals surface area contributed by atoms with E-state index in [4.69, 9.17) is 4.74 Å². The molecule has 0 atom stereocenters. The standard InChI is InChI=1S/C21H14F2IN3O/c22-14-3-1-2-13(8-14)11-28-20-7-5-16(10-18(20)23)27-21-17-9-15(24)4-6-19(17)25-12-26-21/h1-10,12H,11H2,(H,25,26,27). The van der Waals surface area contributed by atoms with Crippen LogP contribution in [0.25, 0.3) is 10.9 Å². The van der Waals surface area contributed by atoms with Gasteiger partial charge in [0.15, 0.2) is 11.6 Å². The molecule has 0 saturated carbocycles. The summed E-state index contributed by atoms with van der Waals surface area (Å²) in [6.07, 6.45) is 1.46. The maximum atomic E-state index is 14.4.